The molecule has 2 atom stereocenters. The van der Waals surface area contributed by atoms with Crippen molar-refractivity contribution in [2.75, 3.05) is 0 Å². The van der Waals surface area contributed by atoms with E-state index < -0.39 is 0 Å². The first-order chi connectivity index (χ1) is 4.79. The summed E-state index contributed by atoms with van der Waals surface area (Å²) in [5.41, 5.74) is 2.58. The molecule has 2 aliphatic rings. The largest absolute Gasteiger partial charge is 0.491 e. The van der Waals surface area contributed by atoms with Gasteiger partial charge in [0, 0.05) is 0 Å². The lowest BCUT2D eigenvalue weighted by molar-refractivity contribution is 0.193. The molecular weight excluding hydrogens is 126 g/mol. The fourth-order valence-electron chi connectivity index (χ4n) is 1.46. The zero-order valence-corrected chi connectivity index (χ0v) is 6.22. The van der Waals surface area contributed by atoms with E-state index in [0.29, 0.717) is 6.04 Å². The number of rotatable bonds is 0. The van der Waals surface area contributed by atoms with E-state index in [4.69, 9.17) is 4.74 Å². The van der Waals surface area contributed by atoms with E-state index in [0.717, 1.165) is 0 Å². The molecule has 2 aliphatic heterocycles. The van der Waals surface area contributed by atoms with Gasteiger partial charge in [-0.2, -0.15) is 0 Å². The lowest BCUT2D eigenvalue weighted by Gasteiger charge is -2.11. The van der Waals surface area contributed by atoms with Gasteiger partial charge in [0.05, 0.1) is 12.3 Å². The lowest BCUT2D eigenvalue weighted by atomic mass is 10.1. The van der Waals surface area contributed by atoms with E-state index in [9.17, 15) is 0 Å². The topological polar surface area (TPSA) is 21.3 Å². The average molecular weight is 137 g/mol. The van der Waals surface area contributed by atoms with Crippen molar-refractivity contribution in [3.63, 3.8) is 0 Å². The SMILES string of the molecule is CC1=COC2C(C)=CNC12. The van der Waals surface area contributed by atoms with Gasteiger partial charge in [-0.15, -0.1) is 0 Å². The van der Waals surface area contributed by atoms with Gasteiger partial charge in [0.2, 0.25) is 0 Å². The van der Waals surface area contributed by atoms with Crippen molar-refractivity contribution in [1.29, 1.82) is 0 Å². The third-order valence-corrected chi connectivity index (χ3v) is 2.13. The Labute approximate surface area is 60.6 Å². The summed E-state index contributed by atoms with van der Waals surface area (Å²) in [5.74, 6) is 0. The highest BCUT2D eigenvalue weighted by molar-refractivity contribution is 5.28. The summed E-state index contributed by atoms with van der Waals surface area (Å²) in [4.78, 5) is 0. The van der Waals surface area contributed by atoms with Crippen molar-refractivity contribution in [3.05, 3.63) is 23.6 Å². The van der Waals surface area contributed by atoms with Crippen molar-refractivity contribution < 1.29 is 4.74 Å². The highest BCUT2D eigenvalue weighted by atomic mass is 16.5. The van der Waals surface area contributed by atoms with Gasteiger partial charge in [0.1, 0.15) is 6.10 Å². The molecule has 0 radical (unpaired) electrons. The molecule has 0 fully saturated rings. The molecule has 0 spiro atoms. The Morgan fingerprint density at radius 1 is 1.40 bits per heavy atom. The van der Waals surface area contributed by atoms with Gasteiger partial charge in [-0.3, -0.25) is 0 Å². The monoisotopic (exact) mass is 137 g/mol. The fourth-order valence-corrected chi connectivity index (χ4v) is 1.46. The average Bonchev–Trinajstić information content (AvgIpc) is 2.41. The molecule has 2 heterocycles. The number of nitrogens with one attached hydrogen (secondary N) is 1. The van der Waals surface area contributed by atoms with Gasteiger partial charge in [-0.05, 0) is 31.2 Å². The predicted octanol–water partition coefficient (Wildman–Crippen LogP) is 1.16. The molecule has 2 nitrogen and oxygen atoms in total. The second kappa shape index (κ2) is 1.78. The Bertz CT molecular complexity index is 193. The predicted molar refractivity (Wildman–Crippen MR) is 39.3 cm³/mol. The van der Waals surface area contributed by atoms with E-state index in [-0.39, 0.29) is 6.10 Å². The maximum atomic E-state index is 5.41. The molecule has 0 aromatic carbocycles. The van der Waals surface area contributed by atoms with E-state index in [1.165, 1.54) is 11.1 Å². The van der Waals surface area contributed by atoms with Gasteiger partial charge in [-0.1, -0.05) is 0 Å². The van der Waals surface area contributed by atoms with Crippen LogP contribution in [0.15, 0.2) is 23.6 Å². The van der Waals surface area contributed by atoms with Crippen molar-refractivity contribution in [3.8, 4) is 0 Å². The summed E-state index contributed by atoms with van der Waals surface area (Å²) in [6, 6.07) is 0.417. The van der Waals surface area contributed by atoms with Crippen molar-refractivity contribution >= 4 is 0 Å². The molecule has 2 heteroatoms. The van der Waals surface area contributed by atoms with Crippen LogP contribution in [0, 0.1) is 0 Å². The van der Waals surface area contributed by atoms with Gasteiger partial charge >= 0.3 is 0 Å². The molecule has 54 valence electrons. The van der Waals surface area contributed by atoms with Crippen LogP contribution in [0.25, 0.3) is 0 Å². The smallest absolute Gasteiger partial charge is 0.144 e. The zero-order valence-electron chi connectivity index (χ0n) is 6.22. The Hall–Kier alpha value is -0.920. The molecule has 10 heavy (non-hydrogen) atoms. The first kappa shape index (κ1) is 5.83. The summed E-state index contributed by atoms with van der Waals surface area (Å²) in [6.07, 6.45) is 4.16. The molecule has 0 amide bonds. The minimum absolute atomic E-state index is 0.278. The molecular formula is C8H11NO. The van der Waals surface area contributed by atoms with Crippen LogP contribution in [0.5, 0.6) is 0 Å². The molecule has 0 saturated heterocycles. The Balaban J connectivity index is 2.23. The molecule has 0 aliphatic carbocycles. The van der Waals surface area contributed by atoms with Crippen LogP contribution in [0.4, 0.5) is 0 Å². The van der Waals surface area contributed by atoms with Gasteiger partial charge in [-0.25, -0.2) is 0 Å². The van der Waals surface area contributed by atoms with E-state index in [2.05, 4.69) is 19.2 Å². The summed E-state index contributed by atoms with van der Waals surface area (Å²) >= 11 is 0. The third-order valence-electron chi connectivity index (χ3n) is 2.13. The summed E-state index contributed by atoms with van der Waals surface area (Å²) in [7, 11) is 0. The van der Waals surface area contributed by atoms with Crippen molar-refractivity contribution in [2.24, 2.45) is 0 Å². The first-order valence-electron chi connectivity index (χ1n) is 3.54. The quantitative estimate of drug-likeness (QED) is 0.541. The van der Waals surface area contributed by atoms with Crippen LogP contribution in [0.2, 0.25) is 0 Å². The minimum atomic E-state index is 0.278. The van der Waals surface area contributed by atoms with Crippen molar-refractivity contribution in [1.82, 2.24) is 5.32 Å². The number of ether oxygens (including phenoxy) is 1. The summed E-state index contributed by atoms with van der Waals surface area (Å²) in [6.45, 7) is 4.17. The zero-order chi connectivity index (χ0) is 7.14. The number of hydrogen-bond donors (Lipinski definition) is 1. The second-order valence-electron chi connectivity index (χ2n) is 2.95. The number of fused-ring (bicyclic) bond motifs is 1. The van der Waals surface area contributed by atoms with Crippen molar-refractivity contribution in [2.45, 2.75) is 26.0 Å². The molecule has 2 unspecified atom stereocenters. The Kier molecular flexibility index (Phi) is 1.04. The molecule has 2 rings (SSSR count). The second-order valence-corrected chi connectivity index (χ2v) is 2.95. The number of hydrogen-bond acceptors (Lipinski definition) is 2. The molecule has 0 aromatic heterocycles. The highest BCUT2D eigenvalue weighted by Crippen LogP contribution is 2.27. The fraction of sp³-hybridized carbons (Fsp3) is 0.500. The summed E-state index contributed by atoms with van der Waals surface area (Å²) in [5, 5.41) is 3.26. The van der Waals surface area contributed by atoms with Crippen LogP contribution < -0.4 is 5.32 Å². The maximum absolute atomic E-state index is 5.41. The summed E-state index contributed by atoms with van der Waals surface area (Å²) < 4.78 is 5.41. The Morgan fingerprint density at radius 2 is 2.20 bits per heavy atom. The third kappa shape index (κ3) is 0.589. The van der Waals surface area contributed by atoms with Gasteiger partial charge in [0.25, 0.3) is 0 Å². The van der Waals surface area contributed by atoms with Crippen LogP contribution >= 0.6 is 0 Å². The van der Waals surface area contributed by atoms with Crippen LogP contribution in [-0.4, -0.2) is 12.1 Å². The highest BCUT2D eigenvalue weighted by Gasteiger charge is 2.33. The van der Waals surface area contributed by atoms with Crippen LogP contribution in [-0.2, 0) is 4.74 Å². The van der Waals surface area contributed by atoms with Crippen LogP contribution in [0.3, 0.4) is 0 Å². The Morgan fingerprint density at radius 3 is 2.90 bits per heavy atom. The normalized spacial score (nSPS) is 35.8. The van der Waals surface area contributed by atoms with Gasteiger partial charge in [0.15, 0.2) is 0 Å². The van der Waals surface area contributed by atoms with Crippen LogP contribution in [0.1, 0.15) is 13.8 Å². The molecule has 1 N–H and O–H groups in total. The van der Waals surface area contributed by atoms with Gasteiger partial charge < -0.3 is 10.1 Å². The van der Waals surface area contributed by atoms with E-state index in [1.807, 2.05) is 12.5 Å². The minimum Gasteiger partial charge on any atom is -0.491 e. The first-order valence-corrected chi connectivity index (χ1v) is 3.54. The molecule has 0 bridgehead atoms. The lowest BCUT2D eigenvalue weighted by Crippen LogP contribution is -2.28. The van der Waals surface area contributed by atoms with E-state index in [1.54, 1.807) is 0 Å². The maximum Gasteiger partial charge on any atom is 0.144 e. The molecule has 0 aromatic rings. The standard InChI is InChI=1S/C8H11NO/c1-5-3-9-7-6(2)4-10-8(5)7/h3-4,7-9H,1-2H3. The van der Waals surface area contributed by atoms with E-state index >= 15 is 0 Å². The molecule has 0 saturated carbocycles.